The summed E-state index contributed by atoms with van der Waals surface area (Å²) in [6.45, 7) is -1.14. The number of rotatable bonds is 7. The smallest absolute Gasteiger partial charge is 0.319 e. The van der Waals surface area contributed by atoms with Crippen LogP contribution in [0.3, 0.4) is 0 Å². The summed E-state index contributed by atoms with van der Waals surface area (Å²) in [5.74, 6) is -2.93. The van der Waals surface area contributed by atoms with Crippen molar-refractivity contribution in [1.82, 2.24) is 15.2 Å². The molecule has 31 heavy (non-hydrogen) atoms. The highest BCUT2D eigenvalue weighted by atomic mass is 35.5. The highest BCUT2D eigenvalue weighted by Crippen LogP contribution is 2.29. The number of carbonyl (C=O) groups is 1. The predicted octanol–water partition coefficient (Wildman–Crippen LogP) is 3.35. The molecule has 0 aliphatic carbocycles. The Bertz CT molecular complexity index is 868. The van der Waals surface area contributed by atoms with E-state index in [1.165, 1.54) is 7.11 Å². The van der Waals surface area contributed by atoms with Gasteiger partial charge in [-0.1, -0.05) is 11.6 Å². The molecule has 0 unspecified atom stereocenters. The summed E-state index contributed by atoms with van der Waals surface area (Å²) in [5.41, 5.74) is 1.25. The van der Waals surface area contributed by atoms with Gasteiger partial charge in [0.15, 0.2) is 0 Å². The number of pyridine rings is 1. The molecule has 2 amide bonds. The number of hydrogen-bond acceptors (Lipinski definition) is 5. The average molecular weight is 455 g/mol. The van der Waals surface area contributed by atoms with Crippen molar-refractivity contribution >= 4 is 23.3 Å². The minimum absolute atomic E-state index is 0.265. The zero-order chi connectivity index (χ0) is 22.4. The first-order valence-corrected chi connectivity index (χ1v) is 10.2. The van der Waals surface area contributed by atoms with Gasteiger partial charge < -0.3 is 20.5 Å². The molecule has 3 N–H and O–H groups in total. The lowest BCUT2D eigenvalue weighted by Gasteiger charge is -2.39. The summed E-state index contributed by atoms with van der Waals surface area (Å²) in [7, 11) is 1.53. The predicted molar refractivity (Wildman–Crippen MR) is 114 cm³/mol. The average Bonchev–Trinajstić information content (AvgIpc) is 2.76. The number of aliphatic hydroxyl groups is 1. The molecule has 1 saturated heterocycles. The van der Waals surface area contributed by atoms with E-state index >= 15 is 0 Å². The lowest BCUT2D eigenvalue weighted by Crippen LogP contribution is -2.53. The summed E-state index contributed by atoms with van der Waals surface area (Å²) >= 11 is 5.86. The van der Waals surface area contributed by atoms with E-state index in [1.807, 2.05) is 0 Å². The third-order valence-electron chi connectivity index (χ3n) is 5.18. The Hall–Kier alpha value is -2.49. The molecule has 168 valence electrons. The zero-order valence-corrected chi connectivity index (χ0v) is 17.8. The molecular formula is C21H25ClF2N4O3. The van der Waals surface area contributed by atoms with Gasteiger partial charge in [0.2, 0.25) is 0 Å². The number of ether oxygens (including phenoxy) is 1. The van der Waals surface area contributed by atoms with Gasteiger partial charge in [0, 0.05) is 41.5 Å². The quantitative estimate of drug-likeness (QED) is 0.597. The molecule has 1 aliphatic heterocycles. The van der Waals surface area contributed by atoms with Gasteiger partial charge >= 0.3 is 6.03 Å². The molecule has 2 atom stereocenters. The van der Waals surface area contributed by atoms with Crippen LogP contribution in [0.5, 0.6) is 5.75 Å². The molecule has 1 fully saturated rings. The topological polar surface area (TPSA) is 86.7 Å². The zero-order valence-electron chi connectivity index (χ0n) is 17.0. The van der Waals surface area contributed by atoms with Gasteiger partial charge in [-0.2, -0.15) is 0 Å². The highest BCUT2D eigenvalue weighted by Gasteiger charge is 2.37. The number of methoxy groups -OCH3 is 1. The number of benzene rings is 1. The van der Waals surface area contributed by atoms with Crippen molar-refractivity contribution in [2.45, 2.75) is 24.3 Å². The van der Waals surface area contributed by atoms with E-state index in [2.05, 4.69) is 15.6 Å². The maximum absolute atomic E-state index is 13.7. The minimum Gasteiger partial charge on any atom is -0.495 e. The second-order valence-corrected chi connectivity index (χ2v) is 7.92. The molecule has 0 bridgehead atoms. The number of halogens is 3. The van der Waals surface area contributed by atoms with Crippen molar-refractivity contribution in [3.63, 3.8) is 0 Å². The van der Waals surface area contributed by atoms with Crippen LogP contribution in [0.4, 0.5) is 19.3 Å². The number of aliphatic hydroxyl groups excluding tert-OH is 1. The Morgan fingerprint density at radius 2 is 2.06 bits per heavy atom. The molecule has 2 heterocycles. The Balaban J connectivity index is 1.73. The fraction of sp³-hybridized carbons (Fsp3) is 0.429. The van der Waals surface area contributed by atoms with Crippen molar-refractivity contribution in [2.24, 2.45) is 0 Å². The molecule has 0 saturated carbocycles. The number of alkyl halides is 2. The van der Waals surface area contributed by atoms with Crippen LogP contribution in [0.15, 0.2) is 42.6 Å². The van der Waals surface area contributed by atoms with Crippen molar-refractivity contribution < 1.29 is 23.4 Å². The van der Waals surface area contributed by atoms with E-state index in [-0.39, 0.29) is 18.5 Å². The van der Waals surface area contributed by atoms with Gasteiger partial charge in [-0.3, -0.25) is 9.88 Å². The summed E-state index contributed by atoms with van der Waals surface area (Å²) in [6, 6.07) is 9.50. The molecule has 10 heteroatoms. The molecule has 7 nitrogen and oxygen atoms in total. The van der Waals surface area contributed by atoms with Crippen LogP contribution in [0.25, 0.3) is 0 Å². The Morgan fingerprint density at radius 3 is 2.68 bits per heavy atom. The first-order valence-electron chi connectivity index (χ1n) is 9.84. The van der Waals surface area contributed by atoms with Crippen molar-refractivity contribution in [3.05, 3.63) is 53.3 Å². The summed E-state index contributed by atoms with van der Waals surface area (Å²) < 4.78 is 32.6. The van der Waals surface area contributed by atoms with Crippen LogP contribution >= 0.6 is 11.6 Å². The number of aromatic nitrogens is 1. The Kier molecular flexibility index (Phi) is 7.64. The van der Waals surface area contributed by atoms with Gasteiger partial charge in [-0.25, -0.2) is 13.6 Å². The highest BCUT2D eigenvalue weighted by molar-refractivity contribution is 6.30. The van der Waals surface area contributed by atoms with Crippen molar-refractivity contribution in [3.8, 4) is 5.75 Å². The van der Waals surface area contributed by atoms with Gasteiger partial charge in [0.05, 0.1) is 19.9 Å². The number of hydrogen-bond donors (Lipinski definition) is 3. The number of urea groups is 1. The maximum atomic E-state index is 13.7. The molecule has 0 radical (unpaired) electrons. The molecular weight excluding hydrogens is 430 g/mol. The number of nitrogens with zero attached hydrogens (tertiary/aromatic N) is 2. The van der Waals surface area contributed by atoms with Crippen LogP contribution in [0.1, 0.15) is 18.0 Å². The van der Waals surface area contributed by atoms with Crippen LogP contribution < -0.4 is 15.4 Å². The normalized spacial score (nSPS) is 19.6. The lowest BCUT2D eigenvalue weighted by molar-refractivity contribution is -0.0774. The summed E-state index contributed by atoms with van der Waals surface area (Å²) in [6.07, 6.45) is 2.01. The lowest BCUT2D eigenvalue weighted by atomic mass is 9.88. The number of likely N-dealkylation sites (tertiary alicyclic amines) is 1. The van der Waals surface area contributed by atoms with Crippen LogP contribution in [0.2, 0.25) is 5.02 Å². The Labute approximate surface area is 184 Å². The number of carbonyl (C=O) groups excluding carboxylic acids is 1. The molecule has 1 aromatic carbocycles. The first-order chi connectivity index (χ1) is 14.8. The first kappa shape index (κ1) is 23.2. The summed E-state index contributed by atoms with van der Waals surface area (Å²) in [5, 5.41) is 15.2. The number of nitrogens with one attached hydrogen (secondary N) is 2. The maximum Gasteiger partial charge on any atom is 0.319 e. The Morgan fingerprint density at radius 1 is 1.32 bits per heavy atom. The van der Waals surface area contributed by atoms with Gasteiger partial charge in [-0.15, -0.1) is 0 Å². The van der Waals surface area contributed by atoms with E-state index in [1.54, 1.807) is 47.5 Å². The third-order valence-corrected chi connectivity index (χ3v) is 5.43. The van der Waals surface area contributed by atoms with Crippen molar-refractivity contribution in [2.75, 3.05) is 38.7 Å². The van der Waals surface area contributed by atoms with Gasteiger partial charge in [0.1, 0.15) is 12.4 Å². The SMILES string of the molecule is COc1ccc([C@@H]2CN(CC(F)(F)CO)CC[C@H]2NC(=O)Nc2ccc(Cl)cc2)nc1. The molecule has 3 rings (SSSR count). The largest absolute Gasteiger partial charge is 0.495 e. The molecule has 0 spiro atoms. The molecule has 1 aromatic heterocycles. The van der Waals surface area contributed by atoms with Crippen LogP contribution in [-0.4, -0.2) is 66.3 Å². The number of piperidine rings is 1. The van der Waals surface area contributed by atoms with Gasteiger partial charge in [-0.05, 0) is 42.8 Å². The third kappa shape index (κ3) is 6.49. The molecule has 1 aliphatic rings. The summed E-state index contributed by atoms with van der Waals surface area (Å²) in [4.78, 5) is 18.5. The van der Waals surface area contributed by atoms with E-state index in [4.69, 9.17) is 21.4 Å². The second-order valence-electron chi connectivity index (χ2n) is 7.48. The number of amides is 2. The van der Waals surface area contributed by atoms with E-state index in [0.717, 1.165) is 0 Å². The van der Waals surface area contributed by atoms with Crippen molar-refractivity contribution in [1.29, 1.82) is 0 Å². The van der Waals surface area contributed by atoms with E-state index in [9.17, 15) is 13.6 Å². The second kappa shape index (κ2) is 10.2. The van der Waals surface area contributed by atoms with E-state index < -0.39 is 25.1 Å². The monoisotopic (exact) mass is 454 g/mol. The van der Waals surface area contributed by atoms with E-state index in [0.29, 0.717) is 35.1 Å². The molecule has 2 aromatic rings. The standard InChI is InChI=1S/C21H25ClF2N4O3/c1-31-16-6-7-18(25-10-16)17-11-28(12-21(23,24)13-29)9-8-19(17)27-20(30)26-15-4-2-14(22)3-5-15/h2-7,10,17,19,29H,8-9,11-13H2,1H3,(H2,26,27,30)/t17-,19+/m0/s1. The number of anilines is 1. The van der Waals surface area contributed by atoms with Crippen LogP contribution in [0, 0.1) is 0 Å². The van der Waals surface area contributed by atoms with Gasteiger partial charge in [0.25, 0.3) is 5.92 Å². The fourth-order valence-corrected chi connectivity index (χ4v) is 3.74. The minimum atomic E-state index is -3.19. The van der Waals surface area contributed by atoms with Crippen LogP contribution in [-0.2, 0) is 0 Å². The fourth-order valence-electron chi connectivity index (χ4n) is 3.61.